The van der Waals surface area contributed by atoms with Crippen LogP contribution >= 0.6 is 15.9 Å². The zero-order chi connectivity index (χ0) is 26.2. The van der Waals surface area contributed by atoms with E-state index in [1.807, 2.05) is 54.6 Å². The number of amides is 2. The van der Waals surface area contributed by atoms with Crippen molar-refractivity contribution in [2.24, 2.45) is 0 Å². The van der Waals surface area contributed by atoms with E-state index >= 15 is 0 Å². The largest absolute Gasteiger partial charge is 0.496 e. The van der Waals surface area contributed by atoms with Crippen molar-refractivity contribution in [3.8, 4) is 11.5 Å². The number of likely N-dealkylation sites (N-methyl/N-ethyl adjacent to an activating group) is 1. The van der Waals surface area contributed by atoms with Crippen LogP contribution in [-0.4, -0.2) is 56.9 Å². The lowest BCUT2D eigenvalue weighted by molar-refractivity contribution is -0.133. The molecule has 3 aromatic carbocycles. The van der Waals surface area contributed by atoms with Crippen molar-refractivity contribution >= 4 is 44.2 Å². The number of halogens is 1. The number of ether oxygens (including phenoxy) is 3. The fraction of sp³-hybridized carbons (Fsp3) is 0.357. The van der Waals surface area contributed by atoms with Gasteiger partial charge in [0, 0.05) is 16.5 Å². The first-order chi connectivity index (χ1) is 17.9. The summed E-state index contributed by atoms with van der Waals surface area (Å²) in [6.45, 7) is 2.62. The molecule has 8 nitrogen and oxygen atoms in total. The van der Waals surface area contributed by atoms with Crippen LogP contribution in [0.2, 0.25) is 0 Å². The third-order valence-corrected chi connectivity index (χ3v) is 7.72. The molecule has 0 aromatic heterocycles. The van der Waals surface area contributed by atoms with Crippen molar-refractivity contribution in [1.82, 2.24) is 10.6 Å². The Bertz CT molecular complexity index is 1340. The number of rotatable bonds is 6. The first-order valence-electron chi connectivity index (χ1n) is 12.3. The zero-order valence-electron chi connectivity index (χ0n) is 21.0. The molecule has 5 rings (SSSR count). The van der Waals surface area contributed by atoms with Crippen LogP contribution in [0.1, 0.15) is 18.9 Å². The highest BCUT2D eigenvalue weighted by molar-refractivity contribution is 9.10. The minimum atomic E-state index is -1.02. The fourth-order valence-electron chi connectivity index (χ4n) is 5.03. The van der Waals surface area contributed by atoms with E-state index in [0.29, 0.717) is 30.2 Å². The summed E-state index contributed by atoms with van der Waals surface area (Å²) in [5, 5.41) is 7.92. The Morgan fingerprint density at radius 3 is 2.78 bits per heavy atom. The van der Waals surface area contributed by atoms with Gasteiger partial charge in [-0.25, -0.2) is 0 Å². The number of methoxy groups -OCH3 is 1. The van der Waals surface area contributed by atoms with Crippen LogP contribution in [-0.2, 0) is 20.9 Å². The van der Waals surface area contributed by atoms with Crippen LogP contribution in [0, 0.1) is 0 Å². The summed E-state index contributed by atoms with van der Waals surface area (Å²) in [6.07, 6.45) is 0.478. The molecule has 194 valence electrons. The molecule has 0 radical (unpaired) electrons. The van der Waals surface area contributed by atoms with Gasteiger partial charge in [-0.05, 0) is 55.1 Å². The monoisotopic (exact) mass is 567 g/mol. The lowest BCUT2D eigenvalue weighted by atomic mass is 9.91. The second kappa shape index (κ2) is 10.3. The second-order valence-corrected chi connectivity index (χ2v) is 10.3. The molecule has 2 N–H and O–H groups in total. The van der Waals surface area contributed by atoms with Gasteiger partial charge in [0.15, 0.2) is 11.6 Å². The van der Waals surface area contributed by atoms with Crippen LogP contribution in [0.25, 0.3) is 10.8 Å². The number of hydrogen-bond acceptors (Lipinski definition) is 6. The normalized spacial score (nSPS) is 21.9. The molecular formula is C28H30BrN3O5. The number of hydrogen-bond donors (Lipinski definition) is 2. The van der Waals surface area contributed by atoms with Crippen LogP contribution in [0.5, 0.6) is 11.5 Å². The molecule has 1 saturated heterocycles. The Morgan fingerprint density at radius 1 is 1.24 bits per heavy atom. The zero-order valence-corrected chi connectivity index (χ0v) is 22.6. The van der Waals surface area contributed by atoms with Crippen LogP contribution < -0.4 is 25.0 Å². The Labute approximate surface area is 224 Å². The molecule has 2 amide bonds. The standard InChI is InChI=1S/C28H30BrN3O5/c1-17(30-2)26(33)31-25-27(34)32(22-6-4-5-7-24(22)37-28(25)12-13-36-16-28)15-21-20-10-9-19(29)14-18(20)8-11-23(21)35-3/h4-11,14,17,25,30H,12-13,15-16H2,1-3H3,(H,31,33)/t17-,25+,28+/m0/s1. The molecule has 0 bridgehead atoms. The summed E-state index contributed by atoms with van der Waals surface area (Å²) in [4.78, 5) is 29.1. The summed E-state index contributed by atoms with van der Waals surface area (Å²) in [5.74, 6) is 0.702. The molecule has 0 aliphatic carbocycles. The fourth-order valence-corrected chi connectivity index (χ4v) is 5.41. The molecule has 9 heteroatoms. The summed E-state index contributed by atoms with van der Waals surface area (Å²) in [5.41, 5.74) is 0.481. The van der Waals surface area contributed by atoms with Gasteiger partial charge in [0.1, 0.15) is 11.5 Å². The maximum Gasteiger partial charge on any atom is 0.254 e. The smallest absolute Gasteiger partial charge is 0.254 e. The number of para-hydroxylation sites is 2. The minimum Gasteiger partial charge on any atom is -0.496 e. The average Bonchev–Trinajstić information content (AvgIpc) is 3.35. The predicted octanol–water partition coefficient (Wildman–Crippen LogP) is 3.79. The summed E-state index contributed by atoms with van der Waals surface area (Å²) in [7, 11) is 3.33. The molecule has 2 aliphatic heterocycles. The summed E-state index contributed by atoms with van der Waals surface area (Å²) >= 11 is 3.55. The van der Waals surface area contributed by atoms with E-state index in [4.69, 9.17) is 14.2 Å². The van der Waals surface area contributed by atoms with Gasteiger partial charge in [-0.15, -0.1) is 0 Å². The number of nitrogens with zero attached hydrogens (tertiary/aromatic N) is 1. The van der Waals surface area contributed by atoms with Gasteiger partial charge >= 0.3 is 0 Å². The Balaban J connectivity index is 1.64. The topological polar surface area (TPSA) is 89.1 Å². The lowest BCUT2D eigenvalue weighted by Crippen LogP contribution is -2.64. The highest BCUT2D eigenvalue weighted by Crippen LogP contribution is 2.42. The molecule has 3 atom stereocenters. The first kappa shape index (κ1) is 25.5. The molecule has 37 heavy (non-hydrogen) atoms. The van der Waals surface area contributed by atoms with E-state index in [0.717, 1.165) is 20.8 Å². The Hall–Kier alpha value is -3.14. The highest BCUT2D eigenvalue weighted by atomic mass is 79.9. The third-order valence-electron chi connectivity index (χ3n) is 7.22. The molecule has 1 fully saturated rings. The summed E-state index contributed by atoms with van der Waals surface area (Å²) < 4.78 is 19.0. The number of carbonyl (C=O) groups excluding carboxylic acids is 2. The van der Waals surface area contributed by atoms with E-state index in [1.54, 1.807) is 26.0 Å². The lowest BCUT2D eigenvalue weighted by Gasteiger charge is -2.35. The molecule has 2 aliphatic rings. The first-order valence-corrected chi connectivity index (χ1v) is 13.1. The number of fused-ring (bicyclic) bond motifs is 2. The number of benzene rings is 3. The van der Waals surface area contributed by atoms with Crippen molar-refractivity contribution in [3.05, 3.63) is 64.6 Å². The van der Waals surface area contributed by atoms with Gasteiger partial charge in [-0.1, -0.05) is 40.2 Å². The predicted molar refractivity (Wildman–Crippen MR) is 145 cm³/mol. The maximum absolute atomic E-state index is 14.4. The average molecular weight is 568 g/mol. The van der Waals surface area contributed by atoms with Crippen molar-refractivity contribution in [1.29, 1.82) is 0 Å². The molecule has 3 aromatic rings. The van der Waals surface area contributed by atoms with Crippen LogP contribution in [0.15, 0.2) is 59.1 Å². The van der Waals surface area contributed by atoms with E-state index in [9.17, 15) is 9.59 Å². The van der Waals surface area contributed by atoms with E-state index < -0.39 is 17.7 Å². The van der Waals surface area contributed by atoms with Gasteiger partial charge in [-0.2, -0.15) is 0 Å². The van der Waals surface area contributed by atoms with Crippen LogP contribution in [0.3, 0.4) is 0 Å². The van der Waals surface area contributed by atoms with Crippen molar-refractivity contribution in [3.63, 3.8) is 0 Å². The van der Waals surface area contributed by atoms with Gasteiger partial charge in [-0.3, -0.25) is 9.59 Å². The number of carbonyl (C=O) groups is 2. The molecular weight excluding hydrogens is 538 g/mol. The molecule has 0 saturated carbocycles. The van der Waals surface area contributed by atoms with Gasteiger partial charge in [0.2, 0.25) is 5.91 Å². The highest BCUT2D eigenvalue weighted by Gasteiger charge is 2.53. The van der Waals surface area contributed by atoms with E-state index in [2.05, 4.69) is 26.6 Å². The summed E-state index contributed by atoms with van der Waals surface area (Å²) in [6, 6.07) is 16.0. The molecule has 1 spiro atoms. The van der Waals surface area contributed by atoms with Crippen LogP contribution in [0.4, 0.5) is 5.69 Å². The Kier molecular flexibility index (Phi) is 7.11. The van der Waals surface area contributed by atoms with Crippen molar-refractivity contribution in [2.75, 3.05) is 32.3 Å². The van der Waals surface area contributed by atoms with Gasteiger partial charge < -0.3 is 29.7 Å². The maximum atomic E-state index is 14.4. The van der Waals surface area contributed by atoms with Crippen molar-refractivity contribution in [2.45, 2.75) is 37.6 Å². The van der Waals surface area contributed by atoms with Gasteiger partial charge in [0.05, 0.1) is 38.6 Å². The third kappa shape index (κ3) is 4.67. The SMILES string of the molecule is CN[C@@H](C)C(=O)N[C@@H]1C(=O)N(Cc2c(OC)ccc3cc(Br)ccc23)c2ccccc2O[C@@]12CCOC2. The molecule has 0 unspecified atom stereocenters. The number of anilines is 1. The van der Waals surface area contributed by atoms with E-state index in [-0.39, 0.29) is 25.0 Å². The van der Waals surface area contributed by atoms with Gasteiger partial charge in [0.25, 0.3) is 5.91 Å². The van der Waals surface area contributed by atoms with Crippen molar-refractivity contribution < 1.29 is 23.8 Å². The molecule has 2 heterocycles. The number of nitrogens with one attached hydrogen (secondary N) is 2. The quantitative estimate of drug-likeness (QED) is 0.471. The minimum absolute atomic E-state index is 0.200. The second-order valence-electron chi connectivity index (χ2n) is 9.43. The Morgan fingerprint density at radius 2 is 2.05 bits per heavy atom. The van der Waals surface area contributed by atoms with E-state index in [1.165, 1.54) is 0 Å².